The summed E-state index contributed by atoms with van der Waals surface area (Å²) >= 11 is 0. The van der Waals surface area contributed by atoms with E-state index in [1.165, 1.54) is 16.4 Å². The van der Waals surface area contributed by atoms with E-state index < -0.39 is 15.8 Å². The predicted molar refractivity (Wildman–Crippen MR) is 117 cm³/mol. The first-order valence-electron chi connectivity index (χ1n) is 9.68. The summed E-state index contributed by atoms with van der Waals surface area (Å²) in [5.74, 6) is -0.175. The number of fused-ring (bicyclic) bond motifs is 1. The van der Waals surface area contributed by atoms with E-state index in [-0.39, 0.29) is 16.8 Å². The van der Waals surface area contributed by atoms with Crippen LogP contribution in [0.15, 0.2) is 71.6 Å². The van der Waals surface area contributed by atoms with E-state index in [9.17, 15) is 17.6 Å². The molecule has 0 fully saturated rings. The molecule has 6 nitrogen and oxygen atoms in total. The minimum atomic E-state index is -3.86. The van der Waals surface area contributed by atoms with Crippen LogP contribution in [0.2, 0.25) is 0 Å². The molecule has 8 heteroatoms. The van der Waals surface area contributed by atoms with Gasteiger partial charge in [0.1, 0.15) is 11.6 Å². The van der Waals surface area contributed by atoms with E-state index in [0.29, 0.717) is 29.1 Å². The fourth-order valence-electron chi connectivity index (χ4n) is 3.73. The van der Waals surface area contributed by atoms with E-state index in [2.05, 4.69) is 5.32 Å². The topological polar surface area (TPSA) is 75.7 Å². The number of carbonyl (C=O) groups excluding carboxylic acids is 1. The van der Waals surface area contributed by atoms with Crippen molar-refractivity contribution in [2.24, 2.45) is 0 Å². The number of amides is 1. The summed E-state index contributed by atoms with van der Waals surface area (Å²) in [6, 6.07) is 16.4. The fraction of sp³-hybridized carbons (Fsp3) is 0.174. The highest BCUT2D eigenvalue weighted by molar-refractivity contribution is 7.92. The number of halogens is 1. The lowest BCUT2D eigenvalue weighted by atomic mass is 10.1. The first-order valence-corrected chi connectivity index (χ1v) is 11.1. The van der Waals surface area contributed by atoms with Gasteiger partial charge < -0.3 is 10.1 Å². The molecule has 1 aliphatic heterocycles. The minimum absolute atomic E-state index is 0.0217. The van der Waals surface area contributed by atoms with E-state index >= 15 is 0 Å². The number of nitrogens with zero attached hydrogens (tertiary/aromatic N) is 1. The number of hydrogen-bond acceptors (Lipinski definition) is 4. The van der Waals surface area contributed by atoms with Gasteiger partial charge in [-0.2, -0.15) is 0 Å². The van der Waals surface area contributed by atoms with Crippen LogP contribution in [0, 0.1) is 5.82 Å². The Bertz CT molecular complexity index is 1240. The largest absolute Gasteiger partial charge is 0.497 e. The van der Waals surface area contributed by atoms with Crippen molar-refractivity contribution in [2.45, 2.75) is 24.3 Å². The van der Waals surface area contributed by atoms with Crippen molar-refractivity contribution >= 4 is 27.3 Å². The number of rotatable bonds is 5. The standard InChI is InChI=1S/C23H21FN2O4S/c1-15-12-17-13-16(23(27)25-19-4-3-5-20(14-19)30-2)6-11-22(17)26(15)31(28,29)21-9-7-18(24)8-10-21/h3-11,13-15H,12H2,1-2H3,(H,25,27)/t15-/m0/s1. The Kier molecular flexibility index (Phi) is 5.41. The molecule has 1 aliphatic rings. The van der Waals surface area contributed by atoms with Gasteiger partial charge in [0.15, 0.2) is 0 Å². The number of benzene rings is 3. The molecule has 0 aliphatic carbocycles. The first kappa shape index (κ1) is 20.9. The van der Waals surface area contributed by atoms with Gasteiger partial charge >= 0.3 is 0 Å². The lowest BCUT2D eigenvalue weighted by molar-refractivity contribution is 0.102. The van der Waals surface area contributed by atoms with Crippen molar-refractivity contribution in [3.05, 3.63) is 83.7 Å². The van der Waals surface area contributed by atoms with Crippen LogP contribution < -0.4 is 14.4 Å². The van der Waals surface area contributed by atoms with Crippen molar-refractivity contribution in [3.8, 4) is 5.75 Å². The quantitative estimate of drug-likeness (QED) is 0.644. The third-order valence-corrected chi connectivity index (χ3v) is 7.14. The van der Waals surface area contributed by atoms with Gasteiger partial charge in [0.05, 0.1) is 17.7 Å². The first-order chi connectivity index (χ1) is 14.8. The molecule has 3 aromatic rings. The molecule has 160 valence electrons. The molecule has 31 heavy (non-hydrogen) atoms. The second-order valence-electron chi connectivity index (χ2n) is 7.34. The van der Waals surface area contributed by atoms with Gasteiger partial charge in [-0.15, -0.1) is 0 Å². The van der Waals surface area contributed by atoms with Gasteiger partial charge in [-0.05, 0) is 73.5 Å². The van der Waals surface area contributed by atoms with Crippen molar-refractivity contribution in [2.75, 3.05) is 16.7 Å². The van der Waals surface area contributed by atoms with Gasteiger partial charge in [-0.25, -0.2) is 12.8 Å². The Labute approximate surface area is 180 Å². The monoisotopic (exact) mass is 440 g/mol. The zero-order chi connectivity index (χ0) is 22.2. The lowest BCUT2D eigenvalue weighted by Crippen LogP contribution is -2.35. The highest BCUT2D eigenvalue weighted by Gasteiger charge is 2.36. The molecule has 0 aromatic heterocycles. The van der Waals surface area contributed by atoms with E-state index in [4.69, 9.17) is 4.74 Å². The molecular weight excluding hydrogens is 419 g/mol. The van der Waals surface area contributed by atoms with E-state index in [1.807, 2.05) is 0 Å². The maximum atomic E-state index is 13.2. The Hall–Kier alpha value is -3.39. The fourth-order valence-corrected chi connectivity index (χ4v) is 5.43. The number of hydrogen-bond donors (Lipinski definition) is 1. The normalized spacial score (nSPS) is 15.5. The van der Waals surface area contributed by atoms with Crippen LogP contribution in [0.3, 0.4) is 0 Å². The maximum Gasteiger partial charge on any atom is 0.264 e. The number of carbonyl (C=O) groups is 1. The average Bonchev–Trinajstić information content (AvgIpc) is 3.09. The molecule has 0 radical (unpaired) electrons. The predicted octanol–water partition coefficient (Wildman–Crippen LogP) is 4.23. The Morgan fingerprint density at radius 2 is 1.84 bits per heavy atom. The summed E-state index contributed by atoms with van der Waals surface area (Å²) in [5, 5.41) is 2.82. The van der Waals surface area contributed by atoms with Crippen LogP contribution in [0.4, 0.5) is 15.8 Å². The van der Waals surface area contributed by atoms with E-state index in [1.54, 1.807) is 56.5 Å². The Morgan fingerprint density at radius 1 is 1.10 bits per heavy atom. The Morgan fingerprint density at radius 3 is 2.55 bits per heavy atom. The zero-order valence-electron chi connectivity index (χ0n) is 17.0. The molecule has 0 saturated heterocycles. The molecule has 1 amide bonds. The molecule has 1 N–H and O–H groups in total. The highest BCUT2D eigenvalue weighted by atomic mass is 32.2. The summed E-state index contributed by atoms with van der Waals surface area (Å²) in [6.07, 6.45) is 0.468. The second-order valence-corrected chi connectivity index (χ2v) is 9.15. The van der Waals surface area contributed by atoms with Gasteiger partial charge in [0, 0.05) is 23.4 Å². The smallest absolute Gasteiger partial charge is 0.264 e. The number of ether oxygens (including phenoxy) is 1. The van der Waals surface area contributed by atoms with Crippen molar-refractivity contribution in [3.63, 3.8) is 0 Å². The summed E-state index contributed by atoms with van der Waals surface area (Å²) in [7, 11) is -2.31. The summed E-state index contributed by atoms with van der Waals surface area (Å²) in [6.45, 7) is 1.80. The molecule has 0 saturated carbocycles. The van der Waals surface area contributed by atoms with Crippen LogP contribution >= 0.6 is 0 Å². The molecule has 0 spiro atoms. The van der Waals surface area contributed by atoms with E-state index in [0.717, 1.165) is 17.7 Å². The summed E-state index contributed by atoms with van der Waals surface area (Å²) in [5.41, 5.74) is 2.31. The SMILES string of the molecule is COc1cccc(NC(=O)c2ccc3c(c2)C[C@H](C)N3S(=O)(=O)c2ccc(F)cc2)c1. The molecule has 3 aromatic carbocycles. The van der Waals surface area contributed by atoms with Gasteiger partial charge in [-0.3, -0.25) is 9.10 Å². The average molecular weight is 440 g/mol. The lowest BCUT2D eigenvalue weighted by Gasteiger charge is -2.24. The number of nitrogens with one attached hydrogen (secondary N) is 1. The number of sulfonamides is 1. The second kappa shape index (κ2) is 8.03. The zero-order valence-corrected chi connectivity index (χ0v) is 17.8. The third kappa shape index (κ3) is 3.98. The molecular formula is C23H21FN2O4S. The van der Waals surface area contributed by atoms with Crippen molar-refractivity contribution in [1.29, 1.82) is 0 Å². The van der Waals surface area contributed by atoms with Crippen LogP contribution in [0.5, 0.6) is 5.75 Å². The summed E-state index contributed by atoms with van der Waals surface area (Å²) < 4.78 is 46.0. The number of anilines is 2. The van der Waals surface area contributed by atoms with Gasteiger partial charge in [0.2, 0.25) is 0 Å². The van der Waals surface area contributed by atoms with Gasteiger partial charge in [0.25, 0.3) is 15.9 Å². The third-order valence-electron chi connectivity index (χ3n) is 5.19. The van der Waals surface area contributed by atoms with Crippen molar-refractivity contribution < 1.29 is 22.3 Å². The van der Waals surface area contributed by atoms with Crippen LogP contribution in [-0.4, -0.2) is 27.5 Å². The molecule has 4 rings (SSSR count). The van der Waals surface area contributed by atoms with Crippen LogP contribution in [-0.2, 0) is 16.4 Å². The van der Waals surface area contributed by atoms with Crippen LogP contribution in [0.1, 0.15) is 22.8 Å². The molecule has 1 heterocycles. The van der Waals surface area contributed by atoms with Crippen LogP contribution in [0.25, 0.3) is 0 Å². The molecule has 0 unspecified atom stereocenters. The molecule has 1 atom stereocenters. The minimum Gasteiger partial charge on any atom is -0.497 e. The van der Waals surface area contributed by atoms with Gasteiger partial charge in [-0.1, -0.05) is 6.07 Å². The summed E-state index contributed by atoms with van der Waals surface area (Å²) in [4.78, 5) is 12.7. The number of methoxy groups -OCH3 is 1. The van der Waals surface area contributed by atoms with Crippen molar-refractivity contribution in [1.82, 2.24) is 0 Å². The highest BCUT2D eigenvalue weighted by Crippen LogP contribution is 2.37. The molecule has 0 bridgehead atoms. The Balaban J connectivity index is 1.61. The maximum absolute atomic E-state index is 13.2.